The maximum atomic E-state index is 12.9. The van der Waals surface area contributed by atoms with Gasteiger partial charge in [-0.15, -0.1) is 0 Å². The Morgan fingerprint density at radius 1 is 1.21 bits per heavy atom. The van der Waals surface area contributed by atoms with Gasteiger partial charge in [0.2, 0.25) is 11.9 Å². The lowest BCUT2D eigenvalue weighted by Gasteiger charge is -2.07. The minimum Gasteiger partial charge on any atom is -0.352 e. The van der Waals surface area contributed by atoms with Gasteiger partial charge in [-0.2, -0.15) is 5.10 Å². The number of carbonyl (C=O) groups excluding carboxylic acids is 1. The molecule has 0 aliphatic rings. The molecule has 0 aliphatic heterocycles. The zero-order valence-corrected chi connectivity index (χ0v) is 16.0. The second-order valence-electron chi connectivity index (χ2n) is 6.67. The van der Waals surface area contributed by atoms with Gasteiger partial charge in [-0.25, -0.2) is 14.1 Å². The van der Waals surface area contributed by atoms with Crippen LogP contribution in [0, 0.1) is 26.6 Å². The van der Waals surface area contributed by atoms with Gasteiger partial charge >= 0.3 is 0 Å². The Hall–Kier alpha value is -3.29. The molecule has 0 atom stereocenters. The SMILES string of the molecule is Cc1cc(=O)[nH]c(-n2nc(C)c(CCC(=O)NCc3ccc(F)cc3)c2C)n1. The number of rotatable bonds is 6. The van der Waals surface area contributed by atoms with Crippen LogP contribution in [0.5, 0.6) is 0 Å². The van der Waals surface area contributed by atoms with Crippen LogP contribution in [0.3, 0.4) is 0 Å². The van der Waals surface area contributed by atoms with Crippen molar-refractivity contribution in [3.63, 3.8) is 0 Å². The van der Waals surface area contributed by atoms with Gasteiger partial charge in [0, 0.05) is 30.4 Å². The summed E-state index contributed by atoms with van der Waals surface area (Å²) >= 11 is 0. The van der Waals surface area contributed by atoms with Gasteiger partial charge < -0.3 is 5.32 Å². The highest BCUT2D eigenvalue weighted by Gasteiger charge is 2.15. The van der Waals surface area contributed by atoms with Crippen molar-refractivity contribution < 1.29 is 9.18 Å². The van der Waals surface area contributed by atoms with Crippen molar-refractivity contribution in [3.8, 4) is 5.95 Å². The van der Waals surface area contributed by atoms with E-state index in [1.54, 1.807) is 23.7 Å². The van der Waals surface area contributed by atoms with Crippen molar-refractivity contribution in [2.45, 2.75) is 40.2 Å². The van der Waals surface area contributed by atoms with Crippen molar-refractivity contribution >= 4 is 5.91 Å². The third-order valence-electron chi connectivity index (χ3n) is 4.50. The van der Waals surface area contributed by atoms with E-state index in [1.807, 2.05) is 13.8 Å². The fourth-order valence-corrected chi connectivity index (χ4v) is 3.04. The molecule has 28 heavy (non-hydrogen) atoms. The topological polar surface area (TPSA) is 92.7 Å². The smallest absolute Gasteiger partial charge is 0.252 e. The molecule has 3 rings (SSSR count). The largest absolute Gasteiger partial charge is 0.352 e. The van der Waals surface area contributed by atoms with Gasteiger partial charge in [-0.1, -0.05) is 12.1 Å². The first-order valence-electron chi connectivity index (χ1n) is 8.98. The van der Waals surface area contributed by atoms with E-state index in [4.69, 9.17) is 0 Å². The van der Waals surface area contributed by atoms with E-state index in [9.17, 15) is 14.0 Å². The maximum Gasteiger partial charge on any atom is 0.252 e. The van der Waals surface area contributed by atoms with Crippen LogP contribution in [-0.2, 0) is 17.8 Å². The molecule has 0 saturated carbocycles. The number of carbonyl (C=O) groups is 1. The van der Waals surface area contributed by atoms with Gasteiger partial charge in [-0.3, -0.25) is 14.6 Å². The van der Waals surface area contributed by atoms with Crippen LogP contribution in [0.15, 0.2) is 35.1 Å². The summed E-state index contributed by atoms with van der Waals surface area (Å²) in [6.07, 6.45) is 0.815. The lowest BCUT2D eigenvalue weighted by Crippen LogP contribution is -2.23. The number of aromatic amines is 1. The summed E-state index contributed by atoms with van der Waals surface area (Å²) in [5.74, 6) is -0.0435. The molecule has 0 spiro atoms. The zero-order chi connectivity index (χ0) is 20.3. The summed E-state index contributed by atoms with van der Waals surface area (Å²) in [4.78, 5) is 30.9. The summed E-state index contributed by atoms with van der Waals surface area (Å²) < 4.78 is 14.5. The van der Waals surface area contributed by atoms with Crippen LogP contribution in [0.1, 0.15) is 34.6 Å². The van der Waals surface area contributed by atoms with Crippen LogP contribution < -0.4 is 10.9 Å². The molecule has 2 heterocycles. The van der Waals surface area contributed by atoms with Crippen molar-refractivity contribution in [2.75, 3.05) is 0 Å². The number of amides is 1. The van der Waals surface area contributed by atoms with Crippen LogP contribution >= 0.6 is 0 Å². The first-order chi connectivity index (χ1) is 13.3. The monoisotopic (exact) mass is 383 g/mol. The number of aromatic nitrogens is 4. The Balaban J connectivity index is 1.66. The van der Waals surface area contributed by atoms with Crippen molar-refractivity contribution in [3.05, 3.63) is 74.7 Å². The second kappa shape index (κ2) is 8.16. The molecule has 8 heteroatoms. The van der Waals surface area contributed by atoms with E-state index < -0.39 is 0 Å². The quantitative estimate of drug-likeness (QED) is 0.683. The van der Waals surface area contributed by atoms with Crippen LogP contribution in [0.2, 0.25) is 0 Å². The number of nitrogens with zero attached hydrogens (tertiary/aromatic N) is 3. The highest BCUT2D eigenvalue weighted by molar-refractivity contribution is 5.76. The van der Waals surface area contributed by atoms with Crippen LogP contribution in [0.4, 0.5) is 4.39 Å². The first-order valence-corrected chi connectivity index (χ1v) is 8.98. The molecule has 0 saturated heterocycles. The van der Waals surface area contributed by atoms with Crippen LogP contribution in [-0.4, -0.2) is 25.7 Å². The molecular weight excluding hydrogens is 361 g/mol. The minimum atomic E-state index is -0.303. The lowest BCUT2D eigenvalue weighted by molar-refractivity contribution is -0.121. The van der Waals surface area contributed by atoms with E-state index in [-0.39, 0.29) is 17.3 Å². The number of benzene rings is 1. The number of halogens is 1. The molecule has 2 aromatic heterocycles. The van der Waals surface area contributed by atoms with Crippen molar-refractivity contribution in [2.24, 2.45) is 0 Å². The molecule has 1 amide bonds. The summed E-state index contributed by atoms with van der Waals surface area (Å²) in [5.41, 5.74) is 3.76. The van der Waals surface area contributed by atoms with Gasteiger partial charge in [-0.05, 0) is 50.5 Å². The average Bonchev–Trinajstić information content (AvgIpc) is 2.92. The fraction of sp³-hybridized carbons (Fsp3) is 0.300. The minimum absolute atomic E-state index is 0.0991. The van der Waals surface area contributed by atoms with E-state index in [0.29, 0.717) is 31.0 Å². The van der Waals surface area contributed by atoms with Crippen molar-refractivity contribution in [1.29, 1.82) is 0 Å². The molecule has 0 fully saturated rings. The second-order valence-corrected chi connectivity index (χ2v) is 6.67. The van der Waals surface area contributed by atoms with E-state index in [1.165, 1.54) is 18.2 Å². The number of H-pyrrole nitrogens is 1. The van der Waals surface area contributed by atoms with E-state index in [0.717, 1.165) is 22.5 Å². The number of aryl methyl sites for hydroxylation is 2. The maximum absolute atomic E-state index is 12.9. The van der Waals surface area contributed by atoms with E-state index in [2.05, 4.69) is 20.4 Å². The normalized spacial score (nSPS) is 10.9. The van der Waals surface area contributed by atoms with Gasteiger partial charge in [0.25, 0.3) is 5.56 Å². The molecule has 1 aromatic carbocycles. The van der Waals surface area contributed by atoms with Gasteiger partial charge in [0.15, 0.2) is 0 Å². The summed E-state index contributed by atoms with van der Waals surface area (Å²) in [7, 11) is 0. The third kappa shape index (κ3) is 4.51. The standard InChI is InChI=1S/C20H22FN5O2/c1-12-10-19(28)24-20(23-12)26-14(3)17(13(2)25-26)8-9-18(27)22-11-15-4-6-16(21)7-5-15/h4-7,10H,8-9,11H2,1-3H3,(H,22,27)(H,23,24,28). The Kier molecular flexibility index (Phi) is 5.67. The van der Waals surface area contributed by atoms with Gasteiger partial charge in [0.1, 0.15) is 5.82 Å². The predicted molar refractivity (Wildman–Crippen MR) is 103 cm³/mol. The Morgan fingerprint density at radius 3 is 2.61 bits per heavy atom. The molecule has 2 N–H and O–H groups in total. The molecule has 0 radical (unpaired) electrons. The number of hydrogen-bond donors (Lipinski definition) is 2. The van der Waals surface area contributed by atoms with Crippen molar-refractivity contribution in [1.82, 2.24) is 25.1 Å². The molecule has 7 nitrogen and oxygen atoms in total. The molecule has 3 aromatic rings. The fourth-order valence-electron chi connectivity index (χ4n) is 3.04. The Labute approximate surface area is 161 Å². The summed E-state index contributed by atoms with van der Waals surface area (Å²) in [6.45, 7) is 5.85. The molecule has 0 unspecified atom stereocenters. The Morgan fingerprint density at radius 2 is 1.93 bits per heavy atom. The molecule has 146 valence electrons. The van der Waals surface area contributed by atoms with Gasteiger partial charge in [0.05, 0.1) is 5.69 Å². The number of nitrogens with one attached hydrogen (secondary N) is 2. The molecule has 0 bridgehead atoms. The summed E-state index contributed by atoms with van der Waals surface area (Å²) in [5, 5.41) is 7.29. The zero-order valence-electron chi connectivity index (χ0n) is 16.0. The summed E-state index contributed by atoms with van der Waals surface area (Å²) in [6, 6.07) is 7.44. The van der Waals surface area contributed by atoms with E-state index >= 15 is 0 Å². The third-order valence-corrected chi connectivity index (χ3v) is 4.50. The average molecular weight is 383 g/mol. The Bertz CT molecular complexity index is 1050. The molecule has 0 aliphatic carbocycles. The number of hydrogen-bond acceptors (Lipinski definition) is 4. The van der Waals surface area contributed by atoms with Crippen LogP contribution in [0.25, 0.3) is 5.95 Å². The molecular formula is C20H22FN5O2. The highest BCUT2D eigenvalue weighted by atomic mass is 19.1. The predicted octanol–water partition coefficient (Wildman–Crippen LogP) is 2.27. The highest BCUT2D eigenvalue weighted by Crippen LogP contribution is 2.17. The first kappa shape index (κ1) is 19.5. The lowest BCUT2D eigenvalue weighted by atomic mass is 10.1.